The minimum absolute atomic E-state index is 0.0246. The number of amides is 1. The average molecular weight is 290 g/mol. The van der Waals surface area contributed by atoms with E-state index in [1.165, 1.54) is 0 Å². The summed E-state index contributed by atoms with van der Waals surface area (Å²) in [5.41, 5.74) is 1.19. The lowest BCUT2D eigenvalue weighted by Gasteiger charge is -2.38. The molecule has 5 heteroatoms. The molecule has 1 aromatic carbocycles. The van der Waals surface area contributed by atoms with Crippen molar-refractivity contribution < 1.29 is 9.53 Å². The number of thioether (sulfide) groups is 1. The maximum Gasteiger partial charge on any atom is 0.245 e. The van der Waals surface area contributed by atoms with Gasteiger partial charge in [0.25, 0.3) is 0 Å². The SMILES string of the molecule is CC1(CNC(=O)C2CSC(c3ccccc3)=N2)COC1. The molecule has 1 saturated heterocycles. The van der Waals surface area contributed by atoms with Crippen molar-refractivity contribution in [3.63, 3.8) is 0 Å². The highest BCUT2D eigenvalue weighted by Crippen LogP contribution is 2.26. The van der Waals surface area contributed by atoms with Crippen molar-refractivity contribution in [2.24, 2.45) is 10.4 Å². The normalized spacial score (nSPS) is 23.9. The van der Waals surface area contributed by atoms with Crippen LogP contribution in [0.5, 0.6) is 0 Å². The molecule has 20 heavy (non-hydrogen) atoms. The second-order valence-corrected chi connectivity index (χ2v) is 6.66. The molecule has 1 N–H and O–H groups in total. The third kappa shape index (κ3) is 2.88. The van der Waals surface area contributed by atoms with E-state index in [0.29, 0.717) is 6.54 Å². The largest absolute Gasteiger partial charge is 0.380 e. The summed E-state index contributed by atoms with van der Waals surface area (Å²) in [4.78, 5) is 16.7. The number of rotatable bonds is 4. The van der Waals surface area contributed by atoms with Gasteiger partial charge in [0, 0.05) is 23.3 Å². The summed E-state index contributed by atoms with van der Waals surface area (Å²) < 4.78 is 5.19. The highest BCUT2D eigenvalue weighted by atomic mass is 32.2. The zero-order valence-corrected chi connectivity index (χ0v) is 12.3. The summed E-state index contributed by atoms with van der Waals surface area (Å²) >= 11 is 1.65. The molecule has 4 nitrogen and oxygen atoms in total. The van der Waals surface area contributed by atoms with Crippen LogP contribution in [-0.4, -0.2) is 42.5 Å². The summed E-state index contributed by atoms with van der Waals surface area (Å²) in [6.07, 6.45) is 0. The molecular weight excluding hydrogens is 272 g/mol. The smallest absolute Gasteiger partial charge is 0.245 e. The predicted octanol–water partition coefficient (Wildman–Crippen LogP) is 1.70. The highest BCUT2D eigenvalue weighted by Gasteiger charge is 2.35. The number of carbonyl (C=O) groups is 1. The number of hydrogen-bond donors (Lipinski definition) is 1. The summed E-state index contributed by atoms with van der Waals surface area (Å²) in [5.74, 6) is 0.750. The summed E-state index contributed by atoms with van der Waals surface area (Å²) in [7, 11) is 0. The first-order valence-corrected chi connectivity index (χ1v) is 7.76. The second-order valence-electron chi connectivity index (χ2n) is 5.65. The van der Waals surface area contributed by atoms with Gasteiger partial charge in [-0.2, -0.15) is 0 Å². The molecule has 0 saturated carbocycles. The van der Waals surface area contributed by atoms with Gasteiger partial charge in [-0.3, -0.25) is 9.79 Å². The Morgan fingerprint density at radius 2 is 2.20 bits per heavy atom. The van der Waals surface area contributed by atoms with Crippen LogP contribution < -0.4 is 5.32 Å². The van der Waals surface area contributed by atoms with E-state index in [4.69, 9.17) is 4.74 Å². The molecule has 2 heterocycles. The van der Waals surface area contributed by atoms with Gasteiger partial charge >= 0.3 is 0 Å². The van der Waals surface area contributed by atoms with Crippen molar-refractivity contribution in [2.75, 3.05) is 25.5 Å². The summed E-state index contributed by atoms with van der Waals surface area (Å²) in [5, 5.41) is 3.96. The van der Waals surface area contributed by atoms with Crippen LogP contribution in [0.2, 0.25) is 0 Å². The van der Waals surface area contributed by atoms with Gasteiger partial charge in [0.15, 0.2) is 0 Å². The van der Waals surface area contributed by atoms with E-state index in [-0.39, 0.29) is 17.4 Å². The van der Waals surface area contributed by atoms with Crippen LogP contribution in [0, 0.1) is 5.41 Å². The van der Waals surface area contributed by atoms with Crippen LogP contribution in [-0.2, 0) is 9.53 Å². The zero-order chi connectivity index (χ0) is 14.0. The number of benzene rings is 1. The van der Waals surface area contributed by atoms with E-state index in [9.17, 15) is 4.79 Å². The van der Waals surface area contributed by atoms with E-state index < -0.39 is 0 Å². The Morgan fingerprint density at radius 3 is 2.85 bits per heavy atom. The third-order valence-corrected chi connectivity index (χ3v) is 4.66. The van der Waals surface area contributed by atoms with Gasteiger partial charge < -0.3 is 10.1 Å². The molecule has 1 aromatic rings. The van der Waals surface area contributed by atoms with E-state index in [1.807, 2.05) is 30.3 Å². The van der Waals surface area contributed by atoms with Gasteiger partial charge in [-0.15, -0.1) is 11.8 Å². The fourth-order valence-electron chi connectivity index (χ4n) is 2.22. The molecule has 106 valence electrons. The molecule has 0 spiro atoms. The maximum absolute atomic E-state index is 12.1. The van der Waals surface area contributed by atoms with Crippen LogP contribution in [0.1, 0.15) is 12.5 Å². The molecule has 3 rings (SSSR count). The standard InChI is InChI=1S/C15H18N2O2S/c1-15(9-19-10-15)8-16-13(18)12-7-20-14(17-12)11-5-3-2-4-6-11/h2-6,12H,7-10H2,1H3,(H,16,18). The quantitative estimate of drug-likeness (QED) is 0.918. The van der Waals surface area contributed by atoms with E-state index in [2.05, 4.69) is 17.2 Å². The van der Waals surface area contributed by atoms with Crippen molar-refractivity contribution in [2.45, 2.75) is 13.0 Å². The van der Waals surface area contributed by atoms with Crippen LogP contribution in [0.15, 0.2) is 35.3 Å². The number of carbonyl (C=O) groups excluding carboxylic acids is 1. The molecule has 0 aromatic heterocycles. The maximum atomic E-state index is 12.1. The fraction of sp³-hybridized carbons (Fsp3) is 0.467. The van der Waals surface area contributed by atoms with Gasteiger partial charge in [0.1, 0.15) is 6.04 Å². The van der Waals surface area contributed by atoms with Crippen LogP contribution >= 0.6 is 11.8 Å². The van der Waals surface area contributed by atoms with Crippen LogP contribution in [0.3, 0.4) is 0 Å². The minimum Gasteiger partial charge on any atom is -0.380 e. The molecular formula is C15H18N2O2S. The third-order valence-electron chi connectivity index (χ3n) is 3.56. The number of ether oxygens (including phenoxy) is 1. The summed E-state index contributed by atoms with van der Waals surface area (Å²) in [6, 6.07) is 9.75. The van der Waals surface area contributed by atoms with Gasteiger partial charge in [0.2, 0.25) is 5.91 Å². The molecule has 0 radical (unpaired) electrons. The Bertz CT molecular complexity index is 526. The topological polar surface area (TPSA) is 50.7 Å². The first-order chi connectivity index (χ1) is 9.66. The molecule has 2 aliphatic rings. The molecule has 1 amide bonds. The highest BCUT2D eigenvalue weighted by molar-refractivity contribution is 8.14. The van der Waals surface area contributed by atoms with E-state index in [0.717, 1.165) is 29.6 Å². The van der Waals surface area contributed by atoms with Gasteiger partial charge in [-0.25, -0.2) is 0 Å². The predicted molar refractivity (Wildman–Crippen MR) is 81.2 cm³/mol. The van der Waals surface area contributed by atoms with Gasteiger partial charge in [-0.05, 0) is 0 Å². The van der Waals surface area contributed by atoms with Crippen molar-refractivity contribution in [3.8, 4) is 0 Å². The van der Waals surface area contributed by atoms with Crippen molar-refractivity contribution in [1.82, 2.24) is 5.32 Å². The van der Waals surface area contributed by atoms with Crippen molar-refractivity contribution in [1.29, 1.82) is 0 Å². The molecule has 1 atom stereocenters. The monoisotopic (exact) mass is 290 g/mol. The average Bonchev–Trinajstić information content (AvgIpc) is 2.93. The molecule has 0 bridgehead atoms. The molecule has 1 fully saturated rings. The van der Waals surface area contributed by atoms with Crippen LogP contribution in [0.4, 0.5) is 0 Å². The Kier molecular flexibility index (Phi) is 3.81. The molecule has 0 aliphatic carbocycles. The minimum atomic E-state index is -0.264. The molecule has 2 aliphatic heterocycles. The fourth-order valence-corrected chi connectivity index (χ4v) is 3.26. The Labute approximate surface area is 123 Å². The van der Waals surface area contributed by atoms with E-state index >= 15 is 0 Å². The van der Waals surface area contributed by atoms with Gasteiger partial charge in [0.05, 0.1) is 18.3 Å². The lowest BCUT2D eigenvalue weighted by Crippen LogP contribution is -2.50. The van der Waals surface area contributed by atoms with Crippen molar-refractivity contribution in [3.05, 3.63) is 35.9 Å². The first kappa shape index (κ1) is 13.6. The van der Waals surface area contributed by atoms with Gasteiger partial charge in [-0.1, -0.05) is 37.3 Å². The lowest BCUT2D eigenvalue weighted by molar-refractivity contribution is -0.127. The number of nitrogens with zero attached hydrogens (tertiary/aromatic N) is 1. The number of nitrogens with one attached hydrogen (secondary N) is 1. The summed E-state index contributed by atoms with van der Waals surface area (Å²) in [6.45, 7) is 4.25. The Morgan fingerprint density at radius 1 is 1.45 bits per heavy atom. The van der Waals surface area contributed by atoms with Crippen LogP contribution in [0.25, 0.3) is 0 Å². The zero-order valence-electron chi connectivity index (χ0n) is 11.5. The van der Waals surface area contributed by atoms with Crippen molar-refractivity contribution >= 4 is 22.7 Å². The Hall–Kier alpha value is -1.33. The first-order valence-electron chi connectivity index (χ1n) is 6.78. The number of aliphatic imine (C=N–C) groups is 1. The number of hydrogen-bond acceptors (Lipinski definition) is 4. The Balaban J connectivity index is 1.58. The lowest BCUT2D eigenvalue weighted by atomic mass is 9.89. The second kappa shape index (κ2) is 5.58. The molecule has 1 unspecified atom stereocenters. The van der Waals surface area contributed by atoms with E-state index in [1.54, 1.807) is 11.8 Å².